The number of nitrogens with zero attached hydrogens (tertiary/aromatic N) is 3. The van der Waals surface area contributed by atoms with Crippen molar-refractivity contribution in [1.82, 2.24) is 4.98 Å². The van der Waals surface area contributed by atoms with Gasteiger partial charge < -0.3 is 10.0 Å². The molecule has 0 unspecified atom stereocenters. The molecule has 1 fully saturated rings. The van der Waals surface area contributed by atoms with E-state index in [4.69, 9.17) is 16.9 Å². The topological polar surface area (TPSA) is 60.1 Å². The quantitative estimate of drug-likeness (QED) is 0.833. The van der Waals surface area contributed by atoms with Crippen LogP contribution in [0, 0.1) is 17.2 Å². The maximum Gasteiger partial charge on any atom is 0.132 e. The summed E-state index contributed by atoms with van der Waals surface area (Å²) in [4.78, 5) is 6.17. The van der Waals surface area contributed by atoms with Crippen LogP contribution in [0.15, 0.2) is 12.1 Å². The Morgan fingerprint density at radius 1 is 1.59 bits per heavy atom. The van der Waals surface area contributed by atoms with E-state index in [1.807, 2.05) is 11.9 Å². The largest absolute Gasteiger partial charge is 0.393 e. The molecule has 0 radical (unpaired) electrons. The lowest BCUT2D eigenvalue weighted by atomic mass is 9.82. The van der Waals surface area contributed by atoms with Crippen molar-refractivity contribution in [2.75, 3.05) is 18.5 Å². The van der Waals surface area contributed by atoms with E-state index < -0.39 is 0 Å². The average molecular weight is 252 g/mol. The summed E-state index contributed by atoms with van der Waals surface area (Å²) in [5.41, 5.74) is 0.514. The lowest BCUT2D eigenvalue weighted by Gasteiger charge is -2.34. The highest BCUT2D eigenvalue weighted by Gasteiger charge is 2.28. The average Bonchev–Trinajstić information content (AvgIpc) is 2.26. The van der Waals surface area contributed by atoms with Gasteiger partial charge in [0, 0.05) is 13.6 Å². The molecule has 1 heterocycles. The van der Waals surface area contributed by atoms with Gasteiger partial charge in [-0.05, 0) is 30.9 Å². The molecule has 0 aromatic carbocycles. The maximum atomic E-state index is 9.23. The minimum atomic E-state index is -0.143. The second kappa shape index (κ2) is 4.91. The number of pyridine rings is 1. The molecule has 2 rings (SSSR count). The standard InChI is InChI=1S/C12H14ClN3O/c1-16(7-9-2-10(17)3-9)12-5-8(6-14)4-11(13)15-12/h4-5,9-10,17H,2-3,7H2,1H3. The number of aliphatic hydroxyl groups excluding tert-OH is 1. The van der Waals surface area contributed by atoms with E-state index in [1.54, 1.807) is 12.1 Å². The first-order valence-corrected chi connectivity index (χ1v) is 5.93. The Morgan fingerprint density at radius 2 is 2.29 bits per heavy atom. The summed E-state index contributed by atoms with van der Waals surface area (Å²) >= 11 is 5.85. The molecule has 1 aromatic heterocycles. The van der Waals surface area contributed by atoms with Gasteiger partial charge in [0.15, 0.2) is 0 Å². The Hall–Kier alpha value is -1.31. The van der Waals surface area contributed by atoms with Gasteiger partial charge in [-0.1, -0.05) is 11.6 Å². The Bertz CT molecular complexity index is 452. The first kappa shape index (κ1) is 12.2. The van der Waals surface area contributed by atoms with Gasteiger partial charge in [0.2, 0.25) is 0 Å². The van der Waals surface area contributed by atoms with Crippen LogP contribution in [-0.4, -0.2) is 29.8 Å². The van der Waals surface area contributed by atoms with Crippen LogP contribution < -0.4 is 4.90 Å². The molecule has 5 heteroatoms. The number of halogens is 1. The van der Waals surface area contributed by atoms with Crippen molar-refractivity contribution in [3.63, 3.8) is 0 Å². The van der Waals surface area contributed by atoms with E-state index >= 15 is 0 Å². The van der Waals surface area contributed by atoms with Crippen molar-refractivity contribution in [1.29, 1.82) is 5.26 Å². The van der Waals surface area contributed by atoms with Gasteiger partial charge in [-0.2, -0.15) is 5.26 Å². The molecule has 1 aliphatic carbocycles. The monoisotopic (exact) mass is 251 g/mol. The van der Waals surface area contributed by atoms with Crippen LogP contribution >= 0.6 is 11.6 Å². The molecule has 0 bridgehead atoms. The zero-order valence-corrected chi connectivity index (χ0v) is 10.4. The van der Waals surface area contributed by atoms with Crippen molar-refractivity contribution in [3.05, 3.63) is 22.8 Å². The molecular weight excluding hydrogens is 238 g/mol. The van der Waals surface area contributed by atoms with Gasteiger partial charge in [-0.15, -0.1) is 0 Å². The summed E-state index contributed by atoms with van der Waals surface area (Å²) in [5, 5.41) is 18.4. The van der Waals surface area contributed by atoms with Crippen LogP contribution in [0.2, 0.25) is 5.15 Å². The van der Waals surface area contributed by atoms with Crippen molar-refractivity contribution >= 4 is 17.4 Å². The Morgan fingerprint density at radius 3 is 2.88 bits per heavy atom. The van der Waals surface area contributed by atoms with Crippen molar-refractivity contribution in [2.24, 2.45) is 5.92 Å². The number of aliphatic hydroxyl groups is 1. The Kier molecular flexibility index (Phi) is 3.51. The molecule has 90 valence electrons. The predicted molar refractivity (Wildman–Crippen MR) is 66.0 cm³/mol. The molecule has 1 saturated carbocycles. The molecule has 0 saturated heterocycles. The van der Waals surface area contributed by atoms with E-state index in [9.17, 15) is 5.11 Å². The summed E-state index contributed by atoms with van der Waals surface area (Å²) in [6, 6.07) is 5.33. The summed E-state index contributed by atoms with van der Waals surface area (Å²) in [6.45, 7) is 0.829. The number of anilines is 1. The molecule has 0 atom stereocenters. The van der Waals surface area contributed by atoms with Gasteiger partial charge in [-0.25, -0.2) is 4.98 Å². The maximum absolute atomic E-state index is 9.23. The lowest BCUT2D eigenvalue weighted by molar-refractivity contribution is 0.0464. The van der Waals surface area contributed by atoms with Gasteiger partial charge in [0.05, 0.1) is 17.7 Å². The number of hydrogen-bond donors (Lipinski definition) is 1. The fourth-order valence-corrected chi connectivity index (χ4v) is 2.28. The summed E-state index contributed by atoms with van der Waals surface area (Å²) in [5.74, 6) is 1.21. The van der Waals surface area contributed by atoms with Gasteiger partial charge in [-0.3, -0.25) is 0 Å². The number of hydrogen-bond acceptors (Lipinski definition) is 4. The minimum Gasteiger partial charge on any atom is -0.393 e. The molecule has 0 amide bonds. The molecule has 0 spiro atoms. The predicted octanol–water partition coefficient (Wildman–Crippen LogP) is 1.81. The SMILES string of the molecule is CN(CC1CC(O)C1)c1cc(C#N)cc(Cl)n1. The number of nitriles is 1. The molecular formula is C12H14ClN3O. The third-order valence-corrected chi connectivity index (χ3v) is 3.24. The van der Waals surface area contributed by atoms with E-state index in [0.717, 1.165) is 19.4 Å². The molecule has 17 heavy (non-hydrogen) atoms. The number of aromatic nitrogens is 1. The highest BCUT2D eigenvalue weighted by atomic mass is 35.5. The van der Waals surface area contributed by atoms with Crippen molar-refractivity contribution < 1.29 is 5.11 Å². The van der Waals surface area contributed by atoms with E-state index in [0.29, 0.717) is 22.5 Å². The smallest absolute Gasteiger partial charge is 0.132 e. The van der Waals surface area contributed by atoms with Crippen LogP contribution in [0.1, 0.15) is 18.4 Å². The summed E-state index contributed by atoms with van der Waals surface area (Å²) < 4.78 is 0. The molecule has 1 N–H and O–H groups in total. The van der Waals surface area contributed by atoms with Crippen LogP contribution in [0.3, 0.4) is 0 Å². The van der Waals surface area contributed by atoms with Gasteiger partial charge in [0.25, 0.3) is 0 Å². The molecule has 1 aromatic rings. The highest BCUT2D eigenvalue weighted by molar-refractivity contribution is 6.29. The molecule has 1 aliphatic rings. The third kappa shape index (κ3) is 2.87. The van der Waals surface area contributed by atoms with Crippen LogP contribution in [0.4, 0.5) is 5.82 Å². The fourth-order valence-electron chi connectivity index (χ4n) is 2.07. The highest BCUT2D eigenvalue weighted by Crippen LogP contribution is 2.29. The van der Waals surface area contributed by atoms with E-state index in [2.05, 4.69) is 11.1 Å². The Labute approximate surface area is 105 Å². The fraction of sp³-hybridized carbons (Fsp3) is 0.500. The van der Waals surface area contributed by atoms with E-state index in [-0.39, 0.29) is 6.10 Å². The number of rotatable bonds is 3. The van der Waals surface area contributed by atoms with Crippen molar-refractivity contribution in [2.45, 2.75) is 18.9 Å². The normalized spacial score (nSPS) is 22.7. The second-order valence-corrected chi connectivity index (χ2v) is 4.91. The van der Waals surface area contributed by atoms with Crippen molar-refractivity contribution in [3.8, 4) is 6.07 Å². The third-order valence-electron chi connectivity index (χ3n) is 3.04. The first-order valence-electron chi connectivity index (χ1n) is 5.55. The summed E-state index contributed by atoms with van der Waals surface area (Å²) in [6.07, 6.45) is 1.54. The van der Waals surface area contributed by atoms with Crippen LogP contribution in [-0.2, 0) is 0 Å². The van der Waals surface area contributed by atoms with Gasteiger partial charge >= 0.3 is 0 Å². The Balaban J connectivity index is 2.06. The molecule has 4 nitrogen and oxygen atoms in total. The second-order valence-electron chi connectivity index (χ2n) is 4.52. The minimum absolute atomic E-state index is 0.143. The summed E-state index contributed by atoms with van der Waals surface area (Å²) in [7, 11) is 1.92. The molecule has 0 aliphatic heterocycles. The van der Waals surface area contributed by atoms with Gasteiger partial charge in [0.1, 0.15) is 11.0 Å². The van der Waals surface area contributed by atoms with E-state index in [1.165, 1.54) is 0 Å². The first-order chi connectivity index (χ1) is 8.08. The zero-order valence-electron chi connectivity index (χ0n) is 9.60. The lowest BCUT2D eigenvalue weighted by Crippen LogP contribution is -2.37. The zero-order chi connectivity index (χ0) is 12.4. The van der Waals surface area contributed by atoms with Crippen LogP contribution in [0.5, 0.6) is 0 Å². The van der Waals surface area contributed by atoms with Crippen LogP contribution in [0.25, 0.3) is 0 Å².